The molecule has 1 heterocycles. The first kappa shape index (κ1) is 22.7. The summed E-state index contributed by atoms with van der Waals surface area (Å²) in [4.78, 5) is 15.2. The first-order valence-electron chi connectivity index (χ1n) is 10.9. The summed E-state index contributed by atoms with van der Waals surface area (Å²) in [6, 6.07) is 12.1. The lowest BCUT2D eigenvalue weighted by Crippen LogP contribution is -2.23. The van der Waals surface area contributed by atoms with E-state index in [0.29, 0.717) is 23.5 Å². The SMILES string of the molecule is CCCN(CC)Cc1ccc(NC(CC)=C2C(=O)Nc3cc(OC)c(OC)cc32)cc1. The molecule has 166 valence electrons. The van der Waals surface area contributed by atoms with Gasteiger partial charge >= 0.3 is 0 Å². The second-order valence-electron chi connectivity index (χ2n) is 7.60. The molecule has 2 aromatic carbocycles. The van der Waals surface area contributed by atoms with Crippen LogP contribution in [0.4, 0.5) is 11.4 Å². The van der Waals surface area contributed by atoms with E-state index in [1.165, 1.54) is 5.56 Å². The quantitative estimate of drug-likeness (QED) is 0.519. The van der Waals surface area contributed by atoms with Crippen LogP contribution in [0.2, 0.25) is 0 Å². The first-order valence-corrected chi connectivity index (χ1v) is 10.9. The molecule has 1 aliphatic rings. The molecule has 0 bridgehead atoms. The third-order valence-electron chi connectivity index (χ3n) is 5.57. The smallest absolute Gasteiger partial charge is 0.258 e. The van der Waals surface area contributed by atoms with E-state index in [2.05, 4.69) is 53.6 Å². The lowest BCUT2D eigenvalue weighted by molar-refractivity contribution is -0.110. The minimum Gasteiger partial charge on any atom is -0.493 e. The van der Waals surface area contributed by atoms with E-state index in [0.717, 1.165) is 48.7 Å². The fraction of sp³-hybridized carbons (Fsp3) is 0.400. The predicted octanol–water partition coefficient (Wildman–Crippen LogP) is 5.12. The molecule has 0 saturated carbocycles. The summed E-state index contributed by atoms with van der Waals surface area (Å²) >= 11 is 0. The second kappa shape index (κ2) is 10.4. The van der Waals surface area contributed by atoms with Crippen molar-refractivity contribution in [3.63, 3.8) is 0 Å². The average Bonchev–Trinajstić information content (AvgIpc) is 3.11. The van der Waals surface area contributed by atoms with Crippen molar-refractivity contribution in [2.75, 3.05) is 37.9 Å². The zero-order valence-electron chi connectivity index (χ0n) is 19.2. The number of allylic oxidation sites excluding steroid dienone is 1. The highest BCUT2D eigenvalue weighted by atomic mass is 16.5. The highest BCUT2D eigenvalue weighted by Gasteiger charge is 2.29. The van der Waals surface area contributed by atoms with Gasteiger partial charge in [0.1, 0.15) is 0 Å². The molecule has 0 fully saturated rings. The van der Waals surface area contributed by atoms with Crippen LogP contribution in [0, 0.1) is 0 Å². The van der Waals surface area contributed by atoms with Crippen LogP contribution in [0.1, 0.15) is 44.7 Å². The van der Waals surface area contributed by atoms with Crippen molar-refractivity contribution in [2.24, 2.45) is 0 Å². The first-order chi connectivity index (χ1) is 15.0. The van der Waals surface area contributed by atoms with Gasteiger partial charge in [-0.25, -0.2) is 0 Å². The molecular formula is C25H33N3O3. The average molecular weight is 424 g/mol. The number of benzene rings is 2. The number of carbonyl (C=O) groups excluding carboxylic acids is 1. The Hall–Kier alpha value is -2.99. The van der Waals surface area contributed by atoms with Crippen molar-refractivity contribution in [3.8, 4) is 11.5 Å². The summed E-state index contributed by atoms with van der Waals surface area (Å²) in [5, 5.41) is 6.41. The number of ether oxygens (including phenoxy) is 2. The molecule has 2 aromatic rings. The largest absolute Gasteiger partial charge is 0.493 e. The Balaban J connectivity index is 1.87. The van der Waals surface area contributed by atoms with Crippen LogP contribution in [0.25, 0.3) is 5.57 Å². The Labute approximate surface area is 185 Å². The van der Waals surface area contributed by atoms with E-state index in [-0.39, 0.29) is 5.91 Å². The van der Waals surface area contributed by atoms with Gasteiger partial charge in [0.15, 0.2) is 11.5 Å². The molecule has 0 radical (unpaired) electrons. The third kappa shape index (κ3) is 5.02. The molecule has 3 rings (SSSR count). The minimum atomic E-state index is -0.121. The Morgan fingerprint density at radius 3 is 2.29 bits per heavy atom. The number of fused-ring (bicyclic) bond motifs is 1. The summed E-state index contributed by atoms with van der Waals surface area (Å²) in [5.74, 6) is 1.07. The predicted molar refractivity (Wildman–Crippen MR) is 127 cm³/mol. The van der Waals surface area contributed by atoms with Crippen molar-refractivity contribution in [2.45, 2.75) is 40.2 Å². The molecule has 1 amide bonds. The molecule has 1 aliphatic heterocycles. The zero-order chi connectivity index (χ0) is 22.4. The van der Waals surface area contributed by atoms with E-state index in [1.54, 1.807) is 20.3 Å². The molecule has 0 spiro atoms. The number of anilines is 2. The van der Waals surface area contributed by atoms with Crippen LogP contribution in [-0.2, 0) is 11.3 Å². The summed E-state index contributed by atoms with van der Waals surface area (Å²) in [6.45, 7) is 9.54. The van der Waals surface area contributed by atoms with Gasteiger partial charge in [0, 0.05) is 29.6 Å². The lowest BCUT2D eigenvalue weighted by Gasteiger charge is -2.20. The summed E-state index contributed by atoms with van der Waals surface area (Å²) in [7, 11) is 3.18. The van der Waals surface area contributed by atoms with E-state index >= 15 is 0 Å². The van der Waals surface area contributed by atoms with Gasteiger partial charge in [0.05, 0.1) is 25.5 Å². The number of hydrogen-bond acceptors (Lipinski definition) is 5. The highest BCUT2D eigenvalue weighted by Crippen LogP contribution is 2.42. The number of nitrogens with zero attached hydrogens (tertiary/aromatic N) is 1. The molecule has 0 atom stereocenters. The van der Waals surface area contributed by atoms with Gasteiger partial charge < -0.3 is 20.1 Å². The number of hydrogen-bond donors (Lipinski definition) is 2. The maximum atomic E-state index is 12.8. The summed E-state index contributed by atoms with van der Waals surface area (Å²) in [6.07, 6.45) is 1.85. The number of nitrogens with one attached hydrogen (secondary N) is 2. The van der Waals surface area contributed by atoms with Crippen LogP contribution < -0.4 is 20.1 Å². The molecule has 0 aromatic heterocycles. The Morgan fingerprint density at radius 2 is 1.71 bits per heavy atom. The molecular weight excluding hydrogens is 390 g/mol. The third-order valence-corrected chi connectivity index (χ3v) is 5.57. The van der Waals surface area contributed by atoms with E-state index in [1.807, 2.05) is 13.0 Å². The van der Waals surface area contributed by atoms with Crippen LogP contribution in [-0.4, -0.2) is 38.1 Å². The molecule has 0 aliphatic carbocycles. The molecule has 31 heavy (non-hydrogen) atoms. The number of rotatable bonds is 10. The van der Waals surface area contributed by atoms with Crippen molar-refractivity contribution in [1.82, 2.24) is 4.90 Å². The molecule has 0 unspecified atom stereocenters. The fourth-order valence-electron chi connectivity index (χ4n) is 3.91. The summed E-state index contributed by atoms with van der Waals surface area (Å²) in [5.41, 5.74) is 5.32. The van der Waals surface area contributed by atoms with Crippen molar-refractivity contribution >= 4 is 22.9 Å². The van der Waals surface area contributed by atoms with E-state index < -0.39 is 0 Å². The van der Waals surface area contributed by atoms with Gasteiger partial charge in [-0.05, 0) is 49.7 Å². The topological polar surface area (TPSA) is 62.8 Å². The van der Waals surface area contributed by atoms with Gasteiger partial charge in [-0.15, -0.1) is 0 Å². The number of amides is 1. The normalized spacial score (nSPS) is 14.3. The van der Waals surface area contributed by atoms with Crippen LogP contribution >= 0.6 is 0 Å². The van der Waals surface area contributed by atoms with Crippen molar-refractivity contribution < 1.29 is 14.3 Å². The van der Waals surface area contributed by atoms with Crippen molar-refractivity contribution in [1.29, 1.82) is 0 Å². The van der Waals surface area contributed by atoms with E-state index in [9.17, 15) is 4.79 Å². The van der Waals surface area contributed by atoms with Crippen LogP contribution in [0.3, 0.4) is 0 Å². The maximum absolute atomic E-state index is 12.8. The second-order valence-corrected chi connectivity index (χ2v) is 7.60. The van der Waals surface area contributed by atoms with Gasteiger partial charge in [0.25, 0.3) is 5.91 Å². The molecule has 6 nitrogen and oxygen atoms in total. The summed E-state index contributed by atoms with van der Waals surface area (Å²) < 4.78 is 10.8. The monoisotopic (exact) mass is 423 g/mol. The van der Waals surface area contributed by atoms with Gasteiger partial charge in [-0.3, -0.25) is 9.69 Å². The standard InChI is InChI=1S/C25H33N3O3/c1-6-13-28(8-3)16-17-9-11-18(12-10-17)26-20(7-2)24-19-14-22(30-4)23(31-5)15-21(19)27-25(24)29/h9-12,14-15,26H,6-8,13,16H2,1-5H3,(H,27,29). The minimum absolute atomic E-state index is 0.121. The zero-order valence-corrected chi connectivity index (χ0v) is 19.2. The molecule has 0 saturated heterocycles. The lowest BCUT2D eigenvalue weighted by atomic mass is 10.0. The Morgan fingerprint density at radius 1 is 1.03 bits per heavy atom. The van der Waals surface area contributed by atoms with Gasteiger partial charge in [0.2, 0.25) is 0 Å². The Bertz CT molecular complexity index is 951. The molecule has 6 heteroatoms. The number of carbonyl (C=O) groups is 1. The van der Waals surface area contributed by atoms with Gasteiger partial charge in [-0.1, -0.05) is 32.9 Å². The van der Waals surface area contributed by atoms with E-state index in [4.69, 9.17) is 9.47 Å². The highest BCUT2D eigenvalue weighted by molar-refractivity contribution is 6.32. The molecule has 2 N–H and O–H groups in total. The van der Waals surface area contributed by atoms with Crippen LogP contribution in [0.15, 0.2) is 42.1 Å². The number of methoxy groups -OCH3 is 2. The van der Waals surface area contributed by atoms with Crippen LogP contribution in [0.5, 0.6) is 11.5 Å². The fourth-order valence-corrected chi connectivity index (χ4v) is 3.91. The maximum Gasteiger partial charge on any atom is 0.258 e. The van der Waals surface area contributed by atoms with Crippen molar-refractivity contribution in [3.05, 3.63) is 53.2 Å². The van der Waals surface area contributed by atoms with Gasteiger partial charge in [-0.2, -0.15) is 0 Å². The Kier molecular flexibility index (Phi) is 7.58.